The SMILES string of the molecule is CC[C@@H](N)c1ccc2occc2c1. The van der Waals surface area contributed by atoms with Gasteiger partial charge in [-0.3, -0.25) is 0 Å². The number of furan rings is 1. The Hall–Kier alpha value is -1.28. The lowest BCUT2D eigenvalue weighted by molar-refractivity contribution is 0.615. The van der Waals surface area contributed by atoms with E-state index >= 15 is 0 Å². The van der Waals surface area contributed by atoms with Gasteiger partial charge in [0.2, 0.25) is 0 Å². The third-order valence-electron chi connectivity index (χ3n) is 2.34. The van der Waals surface area contributed by atoms with Crippen molar-refractivity contribution < 1.29 is 4.42 Å². The molecule has 0 unspecified atom stereocenters. The Morgan fingerprint density at radius 1 is 1.38 bits per heavy atom. The molecule has 0 saturated carbocycles. The molecule has 2 rings (SSSR count). The molecule has 0 aliphatic heterocycles. The van der Waals surface area contributed by atoms with Crippen LogP contribution in [-0.2, 0) is 0 Å². The van der Waals surface area contributed by atoms with E-state index in [1.807, 2.05) is 18.2 Å². The van der Waals surface area contributed by atoms with Crippen LogP contribution in [0, 0.1) is 0 Å². The lowest BCUT2D eigenvalue weighted by atomic mass is 10.0. The number of nitrogens with two attached hydrogens (primary N) is 1. The van der Waals surface area contributed by atoms with Crippen LogP contribution in [0.5, 0.6) is 0 Å². The van der Waals surface area contributed by atoms with E-state index < -0.39 is 0 Å². The fourth-order valence-corrected chi connectivity index (χ4v) is 1.45. The molecule has 2 nitrogen and oxygen atoms in total. The van der Waals surface area contributed by atoms with Gasteiger partial charge in [-0.25, -0.2) is 0 Å². The largest absolute Gasteiger partial charge is 0.464 e. The molecule has 0 aliphatic rings. The van der Waals surface area contributed by atoms with Gasteiger partial charge in [-0.05, 0) is 30.2 Å². The minimum atomic E-state index is 0.138. The van der Waals surface area contributed by atoms with Crippen molar-refractivity contribution in [2.45, 2.75) is 19.4 Å². The average Bonchev–Trinajstić information content (AvgIpc) is 2.63. The summed E-state index contributed by atoms with van der Waals surface area (Å²) in [5.74, 6) is 0. The smallest absolute Gasteiger partial charge is 0.133 e. The summed E-state index contributed by atoms with van der Waals surface area (Å²) >= 11 is 0. The van der Waals surface area contributed by atoms with Crippen LogP contribution in [0.4, 0.5) is 0 Å². The summed E-state index contributed by atoms with van der Waals surface area (Å²) in [5, 5.41) is 1.13. The van der Waals surface area contributed by atoms with Gasteiger partial charge in [0.1, 0.15) is 5.58 Å². The molecular weight excluding hydrogens is 162 g/mol. The first-order valence-corrected chi connectivity index (χ1v) is 4.54. The zero-order valence-electron chi connectivity index (χ0n) is 7.66. The minimum Gasteiger partial charge on any atom is -0.464 e. The van der Waals surface area contributed by atoms with Crippen LogP contribution < -0.4 is 5.73 Å². The second kappa shape index (κ2) is 3.23. The lowest BCUT2D eigenvalue weighted by Crippen LogP contribution is -2.07. The molecule has 0 bridgehead atoms. The molecule has 13 heavy (non-hydrogen) atoms. The lowest BCUT2D eigenvalue weighted by Gasteiger charge is -2.08. The normalized spacial score (nSPS) is 13.4. The maximum Gasteiger partial charge on any atom is 0.133 e. The van der Waals surface area contributed by atoms with E-state index in [-0.39, 0.29) is 6.04 Å². The van der Waals surface area contributed by atoms with Gasteiger partial charge in [0, 0.05) is 11.4 Å². The number of rotatable bonds is 2. The number of hydrogen-bond acceptors (Lipinski definition) is 2. The summed E-state index contributed by atoms with van der Waals surface area (Å²) < 4.78 is 5.25. The Kier molecular flexibility index (Phi) is 2.07. The molecular formula is C11H13NO. The highest BCUT2D eigenvalue weighted by Crippen LogP contribution is 2.21. The van der Waals surface area contributed by atoms with Crippen LogP contribution in [0.3, 0.4) is 0 Å². The van der Waals surface area contributed by atoms with Gasteiger partial charge in [0.15, 0.2) is 0 Å². The molecule has 68 valence electrons. The highest BCUT2D eigenvalue weighted by atomic mass is 16.3. The van der Waals surface area contributed by atoms with Crippen molar-refractivity contribution in [3.63, 3.8) is 0 Å². The molecule has 0 fully saturated rings. The zero-order valence-corrected chi connectivity index (χ0v) is 7.66. The summed E-state index contributed by atoms with van der Waals surface area (Å²) in [7, 11) is 0. The fraction of sp³-hybridized carbons (Fsp3) is 0.273. The van der Waals surface area contributed by atoms with Gasteiger partial charge in [-0.15, -0.1) is 0 Å². The Morgan fingerprint density at radius 2 is 2.23 bits per heavy atom. The van der Waals surface area contributed by atoms with Gasteiger partial charge in [0.05, 0.1) is 6.26 Å². The molecule has 0 spiro atoms. The molecule has 1 heterocycles. The standard InChI is InChI=1S/C11H13NO/c1-2-10(12)8-3-4-11-9(7-8)5-6-13-11/h3-7,10H,2,12H2,1H3/t10-/m1/s1. The predicted molar refractivity (Wildman–Crippen MR) is 53.4 cm³/mol. The summed E-state index contributed by atoms with van der Waals surface area (Å²) in [6, 6.07) is 8.19. The van der Waals surface area contributed by atoms with E-state index in [4.69, 9.17) is 10.2 Å². The number of benzene rings is 1. The molecule has 0 saturated heterocycles. The third-order valence-corrected chi connectivity index (χ3v) is 2.34. The highest BCUT2D eigenvalue weighted by Gasteiger charge is 2.04. The monoisotopic (exact) mass is 175 g/mol. The minimum absolute atomic E-state index is 0.138. The fourth-order valence-electron chi connectivity index (χ4n) is 1.45. The van der Waals surface area contributed by atoms with Crippen LogP contribution >= 0.6 is 0 Å². The summed E-state index contributed by atoms with van der Waals surface area (Å²) in [5.41, 5.74) is 8.02. The van der Waals surface area contributed by atoms with Gasteiger partial charge in [-0.1, -0.05) is 13.0 Å². The first kappa shape index (κ1) is 8.32. The second-order valence-electron chi connectivity index (χ2n) is 3.23. The molecule has 0 radical (unpaired) electrons. The van der Waals surface area contributed by atoms with Crippen molar-refractivity contribution in [3.8, 4) is 0 Å². The summed E-state index contributed by atoms with van der Waals surface area (Å²) in [4.78, 5) is 0. The maximum atomic E-state index is 5.92. The van der Waals surface area contributed by atoms with E-state index in [0.717, 1.165) is 17.4 Å². The first-order chi connectivity index (χ1) is 6.31. The molecule has 0 amide bonds. The van der Waals surface area contributed by atoms with Crippen LogP contribution in [0.15, 0.2) is 34.9 Å². The molecule has 2 aromatic rings. The topological polar surface area (TPSA) is 39.2 Å². The van der Waals surface area contributed by atoms with Crippen molar-refractivity contribution in [1.29, 1.82) is 0 Å². The van der Waals surface area contributed by atoms with E-state index in [1.165, 1.54) is 5.56 Å². The van der Waals surface area contributed by atoms with Crippen LogP contribution in [0.2, 0.25) is 0 Å². The second-order valence-corrected chi connectivity index (χ2v) is 3.23. The molecule has 2 heteroatoms. The van der Waals surface area contributed by atoms with Gasteiger partial charge >= 0.3 is 0 Å². The van der Waals surface area contributed by atoms with Gasteiger partial charge in [-0.2, -0.15) is 0 Å². The zero-order chi connectivity index (χ0) is 9.26. The van der Waals surface area contributed by atoms with Gasteiger partial charge in [0.25, 0.3) is 0 Å². The summed E-state index contributed by atoms with van der Waals surface area (Å²) in [6.45, 7) is 2.09. The molecule has 0 aliphatic carbocycles. The quantitative estimate of drug-likeness (QED) is 0.762. The highest BCUT2D eigenvalue weighted by molar-refractivity contribution is 5.77. The van der Waals surface area contributed by atoms with E-state index in [2.05, 4.69) is 13.0 Å². The van der Waals surface area contributed by atoms with Crippen molar-refractivity contribution in [3.05, 3.63) is 36.1 Å². The van der Waals surface area contributed by atoms with E-state index in [1.54, 1.807) is 6.26 Å². The van der Waals surface area contributed by atoms with Crippen LogP contribution in [-0.4, -0.2) is 0 Å². The molecule has 1 aromatic carbocycles. The van der Waals surface area contributed by atoms with Gasteiger partial charge < -0.3 is 10.2 Å². The van der Waals surface area contributed by atoms with Crippen molar-refractivity contribution in [2.75, 3.05) is 0 Å². The first-order valence-electron chi connectivity index (χ1n) is 4.54. The third kappa shape index (κ3) is 1.45. The molecule has 2 N–H and O–H groups in total. The summed E-state index contributed by atoms with van der Waals surface area (Å²) in [6.07, 6.45) is 2.66. The number of hydrogen-bond donors (Lipinski definition) is 1. The van der Waals surface area contributed by atoms with Crippen molar-refractivity contribution >= 4 is 11.0 Å². The maximum absolute atomic E-state index is 5.92. The van der Waals surface area contributed by atoms with E-state index in [0.29, 0.717) is 0 Å². The Bertz CT molecular complexity index is 405. The van der Waals surface area contributed by atoms with E-state index in [9.17, 15) is 0 Å². The average molecular weight is 175 g/mol. The Morgan fingerprint density at radius 3 is 3.00 bits per heavy atom. The molecule has 1 atom stereocenters. The molecule has 1 aromatic heterocycles. The predicted octanol–water partition coefficient (Wildman–Crippen LogP) is 2.84. The van der Waals surface area contributed by atoms with Crippen LogP contribution in [0.25, 0.3) is 11.0 Å². The number of fused-ring (bicyclic) bond motifs is 1. The van der Waals surface area contributed by atoms with Crippen molar-refractivity contribution in [2.24, 2.45) is 5.73 Å². The Labute approximate surface area is 77.3 Å². The van der Waals surface area contributed by atoms with Crippen molar-refractivity contribution in [1.82, 2.24) is 0 Å². The van der Waals surface area contributed by atoms with Crippen LogP contribution in [0.1, 0.15) is 24.9 Å². The Balaban J connectivity index is 2.48.